The maximum atomic E-state index is 10.7. The third-order valence-corrected chi connectivity index (χ3v) is 3.51. The van der Waals surface area contributed by atoms with Crippen LogP contribution in [0.3, 0.4) is 0 Å². The first-order valence-electron chi connectivity index (χ1n) is 6.22. The van der Waals surface area contributed by atoms with Crippen LogP contribution in [-0.2, 0) is 4.74 Å². The summed E-state index contributed by atoms with van der Waals surface area (Å²) in [6.07, 6.45) is 1.81. The average Bonchev–Trinajstić information content (AvgIpc) is 2.27. The van der Waals surface area contributed by atoms with Gasteiger partial charge in [-0.05, 0) is 38.8 Å². The molecule has 6 heteroatoms. The number of nitrogens with zero attached hydrogens (tertiary/aromatic N) is 1. The highest BCUT2D eigenvalue weighted by molar-refractivity contribution is 6.32. The Balaban J connectivity index is 2.07. The van der Waals surface area contributed by atoms with Crippen molar-refractivity contribution in [1.29, 1.82) is 0 Å². The van der Waals surface area contributed by atoms with Gasteiger partial charge in [0.25, 0.3) is 5.69 Å². The van der Waals surface area contributed by atoms with Crippen LogP contribution in [0.25, 0.3) is 0 Å². The fourth-order valence-corrected chi connectivity index (χ4v) is 2.59. The van der Waals surface area contributed by atoms with Crippen molar-refractivity contribution in [3.8, 4) is 0 Å². The van der Waals surface area contributed by atoms with Crippen LogP contribution >= 0.6 is 11.6 Å². The Kier molecular flexibility index (Phi) is 3.96. The minimum absolute atomic E-state index is 0.0699. The Labute approximate surface area is 117 Å². The lowest BCUT2D eigenvalue weighted by molar-refractivity contribution is -0.384. The van der Waals surface area contributed by atoms with Gasteiger partial charge < -0.3 is 10.1 Å². The largest absolute Gasteiger partial charge is 0.382 e. The van der Waals surface area contributed by atoms with Crippen LogP contribution in [0, 0.1) is 10.1 Å². The highest BCUT2D eigenvalue weighted by atomic mass is 35.5. The minimum atomic E-state index is -0.482. The van der Waals surface area contributed by atoms with Crippen molar-refractivity contribution in [3.63, 3.8) is 0 Å². The normalized spacial score (nSPS) is 21.9. The SMILES string of the molecule is CC1(C)CC(Nc2ccc([N+](=O)[O-])c(Cl)c2)CCO1. The molecule has 1 atom stereocenters. The average molecular weight is 285 g/mol. The molecular formula is C13H17ClN2O3. The van der Waals surface area contributed by atoms with Crippen molar-refractivity contribution in [2.24, 2.45) is 0 Å². The van der Waals surface area contributed by atoms with E-state index in [9.17, 15) is 10.1 Å². The molecule has 1 aliphatic rings. The molecule has 0 bridgehead atoms. The molecule has 0 saturated carbocycles. The van der Waals surface area contributed by atoms with Crippen molar-refractivity contribution < 1.29 is 9.66 Å². The summed E-state index contributed by atoms with van der Waals surface area (Å²) >= 11 is 5.89. The number of halogens is 1. The molecule has 0 aromatic heterocycles. The summed E-state index contributed by atoms with van der Waals surface area (Å²) in [7, 11) is 0. The predicted octanol–water partition coefficient (Wildman–Crippen LogP) is 3.62. The van der Waals surface area contributed by atoms with Crippen LogP contribution < -0.4 is 5.32 Å². The Bertz CT molecular complexity index is 491. The van der Waals surface area contributed by atoms with E-state index in [2.05, 4.69) is 19.2 Å². The third-order valence-electron chi connectivity index (χ3n) is 3.21. The second-order valence-corrected chi connectivity index (χ2v) is 5.77. The third kappa shape index (κ3) is 3.58. The quantitative estimate of drug-likeness (QED) is 0.680. The lowest BCUT2D eigenvalue weighted by atomic mass is 9.94. The Morgan fingerprint density at radius 1 is 1.53 bits per heavy atom. The van der Waals surface area contributed by atoms with Gasteiger partial charge in [-0.1, -0.05) is 11.6 Å². The van der Waals surface area contributed by atoms with Crippen LogP contribution in [0.15, 0.2) is 18.2 Å². The fraction of sp³-hybridized carbons (Fsp3) is 0.538. The smallest absolute Gasteiger partial charge is 0.288 e. The number of nitrogens with one attached hydrogen (secondary N) is 1. The number of nitro groups is 1. The van der Waals surface area contributed by atoms with Crippen LogP contribution in [-0.4, -0.2) is 23.2 Å². The van der Waals surface area contributed by atoms with Gasteiger partial charge in [-0.15, -0.1) is 0 Å². The molecule has 1 aliphatic heterocycles. The number of hydrogen-bond donors (Lipinski definition) is 1. The first-order chi connectivity index (χ1) is 8.87. The van der Waals surface area contributed by atoms with Gasteiger partial charge in [0.1, 0.15) is 5.02 Å². The van der Waals surface area contributed by atoms with Gasteiger partial charge in [-0.25, -0.2) is 0 Å². The van der Waals surface area contributed by atoms with Gasteiger partial charge in [0.15, 0.2) is 0 Å². The predicted molar refractivity (Wildman–Crippen MR) is 74.8 cm³/mol. The molecule has 2 rings (SSSR count). The summed E-state index contributed by atoms with van der Waals surface area (Å²) in [4.78, 5) is 10.2. The molecule has 0 radical (unpaired) electrons. The molecule has 0 spiro atoms. The van der Waals surface area contributed by atoms with E-state index in [1.807, 2.05) is 0 Å². The van der Waals surface area contributed by atoms with E-state index in [-0.39, 0.29) is 16.3 Å². The Hall–Kier alpha value is -1.33. The van der Waals surface area contributed by atoms with Gasteiger partial charge in [0.05, 0.1) is 10.5 Å². The van der Waals surface area contributed by atoms with Gasteiger partial charge in [0.2, 0.25) is 0 Å². The van der Waals surface area contributed by atoms with Crippen molar-refractivity contribution >= 4 is 23.0 Å². The summed E-state index contributed by atoms with van der Waals surface area (Å²) in [5.41, 5.74) is 0.596. The highest BCUT2D eigenvalue weighted by Crippen LogP contribution is 2.30. The summed E-state index contributed by atoms with van der Waals surface area (Å²) < 4.78 is 5.65. The summed E-state index contributed by atoms with van der Waals surface area (Å²) in [6.45, 7) is 4.83. The second kappa shape index (κ2) is 5.35. The van der Waals surface area contributed by atoms with E-state index in [0.717, 1.165) is 18.5 Å². The first kappa shape index (κ1) is 14.1. The van der Waals surface area contributed by atoms with E-state index in [4.69, 9.17) is 16.3 Å². The molecule has 0 amide bonds. The number of anilines is 1. The van der Waals surface area contributed by atoms with Crippen LogP contribution in [0.2, 0.25) is 5.02 Å². The van der Waals surface area contributed by atoms with Gasteiger partial charge in [-0.2, -0.15) is 0 Å². The number of ether oxygens (including phenoxy) is 1. The number of benzene rings is 1. The molecule has 5 nitrogen and oxygen atoms in total. The first-order valence-corrected chi connectivity index (χ1v) is 6.60. The van der Waals surface area contributed by atoms with Gasteiger partial charge in [0, 0.05) is 24.4 Å². The molecule has 19 heavy (non-hydrogen) atoms. The molecule has 1 saturated heterocycles. The number of hydrogen-bond acceptors (Lipinski definition) is 4. The summed E-state index contributed by atoms with van der Waals surface area (Å²) in [5.74, 6) is 0. The molecule has 1 heterocycles. The Morgan fingerprint density at radius 2 is 2.26 bits per heavy atom. The fourth-order valence-electron chi connectivity index (χ4n) is 2.34. The zero-order valence-corrected chi connectivity index (χ0v) is 11.7. The summed E-state index contributed by atoms with van der Waals surface area (Å²) in [5, 5.41) is 14.2. The standard InChI is InChI=1S/C13H17ClN2O3/c1-13(2)8-10(5-6-19-13)15-9-3-4-12(16(17)18)11(14)7-9/h3-4,7,10,15H,5-6,8H2,1-2H3. The van der Waals surface area contributed by atoms with E-state index in [0.29, 0.717) is 12.6 Å². The molecule has 1 fully saturated rings. The Morgan fingerprint density at radius 3 is 2.84 bits per heavy atom. The molecule has 1 N–H and O–H groups in total. The van der Waals surface area contributed by atoms with E-state index >= 15 is 0 Å². The van der Waals surface area contributed by atoms with Crippen LogP contribution in [0.4, 0.5) is 11.4 Å². The zero-order chi connectivity index (χ0) is 14.0. The second-order valence-electron chi connectivity index (χ2n) is 5.37. The monoisotopic (exact) mass is 284 g/mol. The topological polar surface area (TPSA) is 64.4 Å². The summed E-state index contributed by atoms with van der Waals surface area (Å²) in [6, 6.07) is 5.00. The minimum Gasteiger partial charge on any atom is -0.382 e. The number of rotatable bonds is 3. The molecule has 0 aliphatic carbocycles. The lowest BCUT2D eigenvalue weighted by Gasteiger charge is -2.36. The van der Waals surface area contributed by atoms with Crippen LogP contribution in [0.1, 0.15) is 26.7 Å². The van der Waals surface area contributed by atoms with Crippen molar-refractivity contribution in [2.75, 3.05) is 11.9 Å². The zero-order valence-electron chi connectivity index (χ0n) is 11.0. The van der Waals surface area contributed by atoms with Crippen molar-refractivity contribution in [3.05, 3.63) is 33.3 Å². The number of nitro benzene ring substituents is 1. The van der Waals surface area contributed by atoms with E-state index < -0.39 is 4.92 Å². The van der Waals surface area contributed by atoms with Crippen molar-refractivity contribution in [1.82, 2.24) is 0 Å². The molecule has 1 unspecified atom stereocenters. The molecular weight excluding hydrogens is 268 g/mol. The molecule has 1 aromatic rings. The van der Waals surface area contributed by atoms with Crippen LogP contribution in [0.5, 0.6) is 0 Å². The maximum Gasteiger partial charge on any atom is 0.288 e. The molecule has 104 valence electrons. The van der Waals surface area contributed by atoms with Crippen molar-refractivity contribution in [2.45, 2.75) is 38.3 Å². The van der Waals surface area contributed by atoms with E-state index in [1.54, 1.807) is 12.1 Å². The maximum absolute atomic E-state index is 10.7. The van der Waals surface area contributed by atoms with Gasteiger partial charge >= 0.3 is 0 Å². The van der Waals surface area contributed by atoms with E-state index in [1.165, 1.54) is 6.07 Å². The lowest BCUT2D eigenvalue weighted by Crippen LogP contribution is -2.40. The highest BCUT2D eigenvalue weighted by Gasteiger charge is 2.28. The van der Waals surface area contributed by atoms with Gasteiger partial charge in [-0.3, -0.25) is 10.1 Å². The molecule has 1 aromatic carbocycles.